The minimum Gasteiger partial charge on any atom is -0.366 e. The van der Waals surface area contributed by atoms with Gasteiger partial charge in [-0.15, -0.1) is 0 Å². The summed E-state index contributed by atoms with van der Waals surface area (Å²) >= 11 is 5.84. The van der Waals surface area contributed by atoms with Crippen molar-refractivity contribution in [3.05, 3.63) is 33.3 Å². The van der Waals surface area contributed by atoms with Gasteiger partial charge < -0.3 is 9.80 Å². The molecule has 19 heavy (non-hydrogen) atoms. The second kappa shape index (κ2) is 5.75. The van der Waals surface area contributed by atoms with Crippen LogP contribution in [0.4, 0.5) is 11.4 Å². The molecule has 2 rings (SSSR count). The molecule has 6 heteroatoms. The molecule has 1 saturated heterocycles. The molecule has 0 saturated carbocycles. The molecule has 104 valence electrons. The number of nitro groups is 1. The van der Waals surface area contributed by atoms with E-state index in [-0.39, 0.29) is 10.6 Å². The zero-order chi connectivity index (χ0) is 14.0. The lowest BCUT2D eigenvalue weighted by molar-refractivity contribution is -0.384. The highest BCUT2D eigenvalue weighted by Gasteiger charge is 2.27. The van der Waals surface area contributed by atoms with Gasteiger partial charge in [0, 0.05) is 30.7 Å². The van der Waals surface area contributed by atoms with Crippen LogP contribution in [0.2, 0.25) is 5.02 Å². The smallest absolute Gasteiger partial charge is 0.294 e. The monoisotopic (exact) mass is 283 g/mol. The van der Waals surface area contributed by atoms with Gasteiger partial charge in [0.15, 0.2) is 0 Å². The number of hydrogen-bond acceptors (Lipinski definition) is 4. The summed E-state index contributed by atoms with van der Waals surface area (Å²) in [5.74, 6) is 0.560. The van der Waals surface area contributed by atoms with Crippen LogP contribution in [0, 0.1) is 16.0 Å². The van der Waals surface area contributed by atoms with Crippen LogP contribution in [0.1, 0.15) is 6.42 Å². The van der Waals surface area contributed by atoms with E-state index in [1.165, 1.54) is 6.07 Å². The maximum Gasteiger partial charge on any atom is 0.294 e. The fourth-order valence-electron chi connectivity index (χ4n) is 2.63. The number of hydrogen-bond donors (Lipinski definition) is 0. The van der Waals surface area contributed by atoms with Gasteiger partial charge in [0.25, 0.3) is 5.69 Å². The molecule has 1 aromatic carbocycles. The quantitative estimate of drug-likeness (QED) is 0.630. The van der Waals surface area contributed by atoms with Crippen LogP contribution in [0.15, 0.2) is 18.2 Å². The maximum absolute atomic E-state index is 11.1. The lowest BCUT2D eigenvalue weighted by atomic mass is 10.1. The Labute approximate surface area is 117 Å². The lowest BCUT2D eigenvalue weighted by Gasteiger charge is -2.20. The number of benzene rings is 1. The fraction of sp³-hybridized carbons (Fsp3) is 0.538. The van der Waals surface area contributed by atoms with Gasteiger partial charge in [-0.3, -0.25) is 10.1 Å². The molecule has 1 aliphatic heterocycles. The van der Waals surface area contributed by atoms with Gasteiger partial charge in [-0.2, -0.15) is 0 Å². The number of halogens is 1. The maximum atomic E-state index is 11.1. The first-order chi connectivity index (χ1) is 8.97. The Bertz CT molecular complexity index is 479. The van der Waals surface area contributed by atoms with Gasteiger partial charge in [-0.05, 0) is 38.6 Å². The zero-order valence-corrected chi connectivity index (χ0v) is 11.9. The van der Waals surface area contributed by atoms with Crippen LogP contribution < -0.4 is 4.90 Å². The van der Waals surface area contributed by atoms with E-state index in [2.05, 4.69) is 9.80 Å². The van der Waals surface area contributed by atoms with Gasteiger partial charge in [0.2, 0.25) is 0 Å². The predicted octanol–water partition coefficient (Wildman–Crippen LogP) is 2.64. The average Bonchev–Trinajstić information content (AvgIpc) is 2.76. The van der Waals surface area contributed by atoms with E-state index >= 15 is 0 Å². The summed E-state index contributed by atoms with van der Waals surface area (Å²) in [6.45, 7) is 2.74. The molecule has 0 amide bonds. The molecular formula is C13H18ClN3O2. The highest BCUT2D eigenvalue weighted by Crippen LogP contribution is 2.34. The van der Waals surface area contributed by atoms with E-state index in [0.29, 0.717) is 16.6 Å². The van der Waals surface area contributed by atoms with E-state index in [0.717, 1.165) is 26.1 Å². The minimum absolute atomic E-state index is 0.0954. The number of nitrogens with zero attached hydrogens (tertiary/aromatic N) is 3. The zero-order valence-electron chi connectivity index (χ0n) is 11.2. The Kier molecular flexibility index (Phi) is 4.27. The first-order valence-corrected chi connectivity index (χ1v) is 6.69. The van der Waals surface area contributed by atoms with Gasteiger partial charge in [-0.25, -0.2) is 0 Å². The molecule has 0 N–H and O–H groups in total. The third kappa shape index (κ3) is 3.36. The molecule has 1 aromatic rings. The van der Waals surface area contributed by atoms with Gasteiger partial charge in [0.1, 0.15) is 5.69 Å². The Morgan fingerprint density at radius 3 is 2.89 bits per heavy atom. The summed E-state index contributed by atoms with van der Waals surface area (Å²) in [6.07, 6.45) is 1.07. The van der Waals surface area contributed by atoms with Crippen LogP contribution in [0.3, 0.4) is 0 Å². The summed E-state index contributed by atoms with van der Waals surface area (Å²) in [6, 6.07) is 4.89. The van der Waals surface area contributed by atoms with Crippen molar-refractivity contribution in [3.63, 3.8) is 0 Å². The van der Waals surface area contributed by atoms with Crippen LogP contribution in [-0.2, 0) is 0 Å². The molecule has 1 aliphatic rings. The normalized spacial score (nSPS) is 19.2. The summed E-state index contributed by atoms with van der Waals surface area (Å²) in [4.78, 5) is 15.0. The molecule has 0 aliphatic carbocycles. The van der Waals surface area contributed by atoms with Crippen molar-refractivity contribution in [3.8, 4) is 0 Å². The first-order valence-electron chi connectivity index (χ1n) is 6.31. The topological polar surface area (TPSA) is 49.6 Å². The van der Waals surface area contributed by atoms with Gasteiger partial charge >= 0.3 is 0 Å². The second-order valence-corrected chi connectivity index (χ2v) is 5.69. The first kappa shape index (κ1) is 14.1. The van der Waals surface area contributed by atoms with E-state index in [1.807, 2.05) is 14.1 Å². The third-order valence-electron chi connectivity index (χ3n) is 3.38. The SMILES string of the molecule is CN(C)CC1CCN(c2ccc(Cl)cc2[N+](=O)[O-])C1. The summed E-state index contributed by atoms with van der Waals surface area (Å²) in [5.41, 5.74) is 0.772. The Morgan fingerprint density at radius 1 is 1.53 bits per heavy atom. The van der Waals surface area contributed by atoms with Gasteiger partial charge in [0.05, 0.1) is 4.92 Å². The molecule has 1 fully saturated rings. The molecule has 0 radical (unpaired) electrons. The largest absolute Gasteiger partial charge is 0.366 e. The number of nitro benzene ring substituents is 1. The van der Waals surface area contributed by atoms with Crippen molar-refractivity contribution in [2.24, 2.45) is 5.92 Å². The molecule has 1 atom stereocenters. The van der Waals surface area contributed by atoms with Crippen LogP contribution >= 0.6 is 11.6 Å². The van der Waals surface area contributed by atoms with Crippen molar-refractivity contribution in [2.75, 3.05) is 38.6 Å². The Morgan fingerprint density at radius 2 is 2.26 bits per heavy atom. The van der Waals surface area contributed by atoms with Crippen molar-refractivity contribution < 1.29 is 4.92 Å². The van der Waals surface area contributed by atoms with Crippen molar-refractivity contribution in [1.82, 2.24) is 4.90 Å². The van der Waals surface area contributed by atoms with Crippen LogP contribution in [0.5, 0.6) is 0 Å². The van der Waals surface area contributed by atoms with Crippen molar-refractivity contribution >= 4 is 23.0 Å². The molecule has 5 nitrogen and oxygen atoms in total. The summed E-state index contributed by atoms with van der Waals surface area (Å²) in [7, 11) is 4.10. The molecular weight excluding hydrogens is 266 g/mol. The van der Waals surface area contributed by atoms with Crippen molar-refractivity contribution in [2.45, 2.75) is 6.42 Å². The highest BCUT2D eigenvalue weighted by molar-refractivity contribution is 6.30. The third-order valence-corrected chi connectivity index (χ3v) is 3.62. The molecule has 0 spiro atoms. The Balaban J connectivity index is 2.17. The van der Waals surface area contributed by atoms with E-state index in [9.17, 15) is 10.1 Å². The summed E-state index contributed by atoms with van der Waals surface area (Å²) in [5, 5.41) is 11.5. The van der Waals surface area contributed by atoms with Gasteiger partial charge in [-0.1, -0.05) is 11.6 Å². The average molecular weight is 284 g/mol. The summed E-state index contributed by atoms with van der Waals surface area (Å²) < 4.78 is 0. The lowest BCUT2D eigenvalue weighted by Crippen LogP contribution is -2.26. The molecule has 0 aromatic heterocycles. The minimum atomic E-state index is -0.361. The van der Waals surface area contributed by atoms with E-state index in [1.54, 1.807) is 12.1 Å². The predicted molar refractivity (Wildman–Crippen MR) is 77.0 cm³/mol. The van der Waals surface area contributed by atoms with Crippen molar-refractivity contribution in [1.29, 1.82) is 0 Å². The van der Waals surface area contributed by atoms with Crippen LogP contribution in [0.25, 0.3) is 0 Å². The molecule has 1 heterocycles. The highest BCUT2D eigenvalue weighted by atomic mass is 35.5. The Hall–Kier alpha value is -1.33. The van der Waals surface area contributed by atoms with E-state index in [4.69, 9.17) is 11.6 Å². The molecule has 0 bridgehead atoms. The standard InChI is InChI=1S/C13H18ClN3O2/c1-15(2)8-10-5-6-16(9-10)12-4-3-11(14)7-13(12)17(18)19/h3-4,7,10H,5-6,8-9H2,1-2H3. The van der Waals surface area contributed by atoms with E-state index < -0.39 is 0 Å². The number of rotatable bonds is 4. The number of anilines is 1. The second-order valence-electron chi connectivity index (χ2n) is 5.25. The van der Waals surface area contributed by atoms with Crippen LogP contribution in [-0.4, -0.2) is 43.6 Å². The molecule has 1 unspecified atom stereocenters. The fourth-order valence-corrected chi connectivity index (χ4v) is 2.79.